The van der Waals surface area contributed by atoms with Crippen LogP contribution in [0.4, 0.5) is 9.18 Å². The lowest BCUT2D eigenvalue weighted by atomic mass is 10.0. The molecule has 0 fully saturated rings. The first-order chi connectivity index (χ1) is 14.0. The van der Waals surface area contributed by atoms with Gasteiger partial charge in [0.1, 0.15) is 27.6 Å². The van der Waals surface area contributed by atoms with E-state index in [1.165, 1.54) is 17.0 Å². The second-order valence-electron chi connectivity index (χ2n) is 7.86. The lowest BCUT2D eigenvalue weighted by Gasteiger charge is -2.27. The number of hydrogen-bond acceptors (Lipinski definition) is 3. The largest absolute Gasteiger partial charge is 0.591 e. The molecule has 2 aromatic rings. The molecule has 2 rings (SSSR count). The highest BCUT2D eigenvalue weighted by Crippen LogP contribution is 2.24. The van der Waals surface area contributed by atoms with Crippen molar-refractivity contribution in [3.8, 4) is 0 Å². The zero-order chi connectivity index (χ0) is 22.5. The third-order valence-corrected chi connectivity index (χ3v) is 6.51. The average molecular weight is 497 g/mol. The maximum absolute atomic E-state index is 13.4. The van der Waals surface area contributed by atoms with E-state index in [4.69, 9.17) is 0 Å². The number of halogens is 2. The molecule has 0 spiro atoms. The Labute approximate surface area is 188 Å². The van der Waals surface area contributed by atoms with Gasteiger partial charge in [-0.15, -0.1) is 0 Å². The predicted molar refractivity (Wildman–Crippen MR) is 123 cm³/mol. The van der Waals surface area contributed by atoms with Gasteiger partial charge >= 0.3 is 6.09 Å². The molecule has 162 valence electrons. The third kappa shape index (κ3) is 6.82. The number of carbonyl (C=O) groups is 1. The average Bonchev–Trinajstić information content (AvgIpc) is 2.67. The lowest BCUT2D eigenvalue weighted by Crippen LogP contribution is -2.34. The van der Waals surface area contributed by atoms with Gasteiger partial charge in [0.2, 0.25) is 0 Å². The van der Waals surface area contributed by atoms with Crippen LogP contribution in [0.1, 0.15) is 51.3 Å². The van der Waals surface area contributed by atoms with Gasteiger partial charge in [0.15, 0.2) is 0 Å². The van der Waals surface area contributed by atoms with Crippen molar-refractivity contribution >= 4 is 39.1 Å². The first-order valence-electron chi connectivity index (χ1n) is 9.49. The van der Waals surface area contributed by atoms with Crippen LogP contribution in [-0.2, 0) is 11.4 Å². The number of amides is 1. The first kappa shape index (κ1) is 24.4. The minimum absolute atomic E-state index is 0.157. The highest BCUT2D eigenvalue weighted by atomic mass is 79.9. The van der Waals surface area contributed by atoms with Crippen LogP contribution in [-0.4, -0.2) is 37.7 Å². The van der Waals surface area contributed by atoms with Crippen molar-refractivity contribution in [2.75, 3.05) is 6.54 Å². The number of hydrogen-bond donors (Lipinski definition) is 1. The van der Waals surface area contributed by atoms with Crippen LogP contribution < -0.4 is 0 Å². The van der Waals surface area contributed by atoms with Gasteiger partial charge in [0.05, 0.1) is 6.04 Å². The molecule has 1 amide bonds. The van der Waals surface area contributed by atoms with E-state index in [1.54, 1.807) is 12.1 Å². The van der Waals surface area contributed by atoms with Crippen LogP contribution in [0.25, 0.3) is 0 Å². The van der Waals surface area contributed by atoms with E-state index in [9.17, 15) is 18.8 Å². The molecule has 0 aliphatic heterocycles. The Hall–Kier alpha value is -1.90. The Morgan fingerprint density at radius 2 is 1.77 bits per heavy atom. The van der Waals surface area contributed by atoms with Crippen LogP contribution in [0.15, 0.2) is 57.4 Å². The van der Waals surface area contributed by atoms with Crippen molar-refractivity contribution in [3.63, 3.8) is 0 Å². The Morgan fingerprint density at radius 1 is 1.20 bits per heavy atom. The van der Waals surface area contributed by atoms with E-state index in [1.807, 2.05) is 52.0 Å². The molecule has 0 aromatic heterocycles. The molecular formula is C22H26BrFN2O3S. The lowest BCUT2D eigenvalue weighted by molar-refractivity contribution is 0.130. The summed E-state index contributed by atoms with van der Waals surface area (Å²) < 4.78 is 30.7. The number of benzene rings is 2. The topological polar surface area (TPSA) is 76.0 Å². The maximum Gasteiger partial charge on any atom is 0.407 e. The Bertz CT molecular complexity index is 883. The molecule has 30 heavy (non-hydrogen) atoms. The molecule has 0 aliphatic rings. The molecule has 2 atom stereocenters. The summed E-state index contributed by atoms with van der Waals surface area (Å²) in [6, 6.07) is 12.8. The molecule has 0 saturated heterocycles. The van der Waals surface area contributed by atoms with E-state index in [2.05, 4.69) is 20.3 Å². The summed E-state index contributed by atoms with van der Waals surface area (Å²) >= 11 is 1.85. The minimum Gasteiger partial charge on any atom is -0.591 e. The van der Waals surface area contributed by atoms with Crippen molar-refractivity contribution in [3.05, 3.63) is 69.9 Å². The fraction of sp³-hybridized carbons (Fsp3) is 0.364. The van der Waals surface area contributed by atoms with Gasteiger partial charge in [-0.3, -0.25) is 0 Å². The summed E-state index contributed by atoms with van der Waals surface area (Å²) in [5.74, 6) is -0.383. The van der Waals surface area contributed by atoms with E-state index < -0.39 is 22.2 Å². The summed E-state index contributed by atoms with van der Waals surface area (Å²) in [6.07, 6.45) is -0.804. The SMILES string of the molecule is C[C@@H](c1ccc(Br)cc1)N(CC/C(=N/[S@@+]([O-])C(C)(C)C)c1ccc(F)cc1)C(=O)O. The second kappa shape index (κ2) is 10.4. The smallest absolute Gasteiger partial charge is 0.407 e. The van der Waals surface area contributed by atoms with Gasteiger partial charge in [-0.2, -0.15) is 0 Å². The highest BCUT2D eigenvalue weighted by molar-refractivity contribution is 9.10. The summed E-state index contributed by atoms with van der Waals surface area (Å²) in [7, 11) is 0. The van der Waals surface area contributed by atoms with Gasteiger partial charge in [-0.25, -0.2) is 9.18 Å². The number of carboxylic acid groups (broad SMARTS) is 1. The van der Waals surface area contributed by atoms with Gasteiger partial charge in [0, 0.05) is 23.0 Å². The van der Waals surface area contributed by atoms with E-state index in [0.29, 0.717) is 11.3 Å². The highest BCUT2D eigenvalue weighted by Gasteiger charge is 2.28. The Kier molecular flexibility index (Phi) is 8.46. The number of rotatable bonds is 7. The van der Waals surface area contributed by atoms with Crippen LogP contribution in [0, 0.1) is 5.82 Å². The van der Waals surface area contributed by atoms with Crippen molar-refractivity contribution < 1.29 is 18.8 Å². The zero-order valence-electron chi connectivity index (χ0n) is 17.4. The van der Waals surface area contributed by atoms with Crippen molar-refractivity contribution in [1.82, 2.24) is 4.90 Å². The van der Waals surface area contributed by atoms with E-state index >= 15 is 0 Å². The molecule has 0 bridgehead atoms. The first-order valence-corrected chi connectivity index (χ1v) is 11.4. The van der Waals surface area contributed by atoms with Gasteiger partial charge in [-0.1, -0.05) is 44.6 Å². The molecule has 0 radical (unpaired) electrons. The van der Waals surface area contributed by atoms with Crippen LogP contribution in [0.3, 0.4) is 0 Å². The normalized spacial score (nSPS) is 14.3. The molecule has 0 heterocycles. The van der Waals surface area contributed by atoms with Crippen molar-refractivity contribution in [2.45, 2.75) is 44.9 Å². The maximum atomic E-state index is 13.4. The summed E-state index contributed by atoms with van der Waals surface area (Å²) in [5, 5.41) is 9.76. The molecule has 5 nitrogen and oxygen atoms in total. The van der Waals surface area contributed by atoms with Crippen molar-refractivity contribution in [2.24, 2.45) is 4.40 Å². The molecule has 0 saturated carbocycles. The minimum atomic E-state index is -1.52. The Morgan fingerprint density at radius 3 is 2.27 bits per heavy atom. The number of nitrogens with zero attached hydrogens (tertiary/aromatic N) is 2. The fourth-order valence-electron chi connectivity index (χ4n) is 2.72. The van der Waals surface area contributed by atoms with Gasteiger partial charge < -0.3 is 14.6 Å². The third-order valence-electron chi connectivity index (χ3n) is 4.55. The van der Waals surface area contributed by atoms with Gasteiger partial charge in [-0.05, 0) is 57.5 Å². The standard InChI is InChI=1S/C22H26BrFN2O3S/c1-15(16-5-9-18(23)10-6-16)26(21(27)28)14-13-20(25-30(29)22(2,3)4)17-7-11-19(24)12-8-17/h5-12,15H,13-14H2,1-4H3,(H,27,28)/b25-20-/t15-,30-/m0/s1. The molecule has 0 unspecified atom stereocenters. The van der Waals surface area contributed by atoms with Crippen LogP contribution >= 0.6 is 15.9 Å². The van der Waals surface area contributed by atoms with Gasteiger partial charge in [0.25, 0.3) is 0 Å². The summed E-state index contributed by atoms with van der Waals surface area (Å²) in [5.41, 5.74) is 1.97. The Balaban J connectivity index is 2.28. The molecule has 0 aliphatic carbocycles. The fourth-order valence-corrected chi connectivity index (χ4v) is 3.66. The summed E-state index contributed by atoms with van der Waals surface area (Å²) in [4.78, 5) is 13.2. The zero-order valence-corrected chi connectivity index (χ0v) is 19.8. The summed E-state index contributed by atoms with van der Waals surface area (Å²) in [6.45, 7) is 7.42. The molecular weight excluding hydrogens is 471 g/mol. The van der Waals surface area contributed by atoms with E-state index in [-0.39, 0.29) is 24.8 Å². The quantitative estimate of drug-likeness (QED) is 0.378. The van der Waals surface area contributed by atoms with E-state index in [0.717, 1.165) is 10.0 Å². The van der Waals surface area contributed by atoms with Crippen LogP contribution in [0.5, 0.6) is 0 Å². The van der Waals surface area contributed by atoms with Crippen molar-refractivity contribution in [1.29, 1.82) is 0 Å². The molecule has 2 aromatic carbocycles. The predicted octanol–water partition coefficient (Wildman–Crippen LogP) is 5.97. The molecule has 8 heteroatoms. The second-order valence-corrected chi connectivity index (χ2v) is 10.7. The molecule has 1 N–H and O–H groups in total. The van der Waals surface area contributed by atoms with Crippen LogP contribution in [0.2, 0.25) is 0 Å². The monoisotopic (exact) mass is 496 g/mol.